The Labute approximate surface area is 585 Å². The van der Waals surface area contributed by atoms with Gasteiger partial charge in [-0.15, -0.1) is 0 Å². The van der Waals surface area contributed by atoms with Crippen LogP contribution < -0.4 is 9.80 Å². The van der Waals surface area contributed by atoms with E-state index in [1.54, 1.807) is 0 Å². The van der Waals surface area contributed by atoms with Crippen molar-refractivity contribution in [1.29, 1.82) is 0 Å². The largest absolute Gasteiger partial charge is 0.345 e. The van der Waals surface area contributed by atoms with E-state index in [1.165, 1.54) is 189 Å². The molecule has 0 unspecified atom stereocenters. The molecule has 2 aromatic heterocycles. The maximum absolute atomic E-state index is 2.47. The summed E-state index contributed by atoms with van der Waals surface area (Å²) in [6.07, 6.45) is 0. The van der Waals surface area contributed by atoms with Crippen LogP contribution in [0.5, 0.6) is 0 Å². The number of hydrogen-bond donors (Lipinski definition) is 0. The fraction of sp³-hybridized carbons (Fsp3) is 0.125. The number of anilines is 4. The molecule has 16 aromatic rings. The first kappa shape index (κ1) is 58.4. The van der Waals surface area contributed by atoms with Gasteiger partial charge in [0.05, 0.1) is 27.5 Å². The molecular formula is C96H74N4. The first-order valence-corrected chi connectivity index (χ1v) is 35.4. The predicted octanol–water partition coefficient (Wildman–Crippen LogP) is 24.4. The first-order chi connectivity index (χ1) is 48.7. The molecule has 1 spiro atoms. The Morgan fingerprint density at radius 1 is 0.210 bits per heavy atom. The number of hydrogen-bond acceptors (Lipinski definition) is 2. The fourth-order valence-corrected chi connectivity index (χ4v) is 19.0. The third-order valence-electron chi connectivity index (χ3n) is 24.1. The topological polar surface area (TPSA) is 16.3 Å². The number of para-hydroxylation sites is 4. The molecule has 0 amide bonds. The van der Waals surface area contributed by atoms with Gasteiger partial charge in [-0.05, 0) is 208 Å². The van der Waals surface area contributed by atoms with Gasteiger partial charge in [0, 0.05) is 86.0 Å². The third-order valence-corrected chi connectivity index (χ3v) is 24.1. The van der Waals surface area contributed by atoms with Gasteiger partial charge in [0.2, 0.25) is 0 Å². The predicted molar refractivity (Wildman–Crippen MR) is 420 cm³/mol. The van der Waals surface area contributed by atoms with Gasteiger partial charge in [-0.2, -0.15) is 0 Å². The summed E-state index contributed by atoms with van der Waals surface area (Å²) in [4.78, 5) is 4.73. The fourth-order valence-electron chi connectivity index (χ4n) is 19.0. The number of nitrogens with zero attached hydrogens (tertiary/aromatic N) is 4. The molecule has 478 valence electrons. The van der Waals surface area contributed by atoms with Crippen molar-refractivity contribution in [2.45, 2.75) is 63.2 Å². The van der Waals surface area contributed by atoms with Crippen molar-refractivity contribution < 1.29 is 0 Å². The average Bonchev–Trinajstić information content (AvgIpc) is 1.51. The zero-order valence-corrected chi connectivity index (χ0v) is 57.7. The van der Waals surface area contributed by atoms with Gasteiger partial charge in [0.1, 0.15) is 0 Å². The van der Waals surface area contributed by atoms with Gasteiger partial charge in [0.15, 0.2) is 0 Å². The maximum atomic E-state index is 2.47. The summed E-state index contributed by atoms with van der Waals surface area (Å²) in [7, 11) is 4.43. The highest BCUT2D eigenvalue weighted by Gasteiger charge is 2.52. The molecule has 2 heterocycles. The van der Waals surface area contributed by atoms with Crippen molar-refractivity contribution in [3.05, 3.63) is 359 Å². The lowest BCUT2D eigenvalue weighted by Gasteiger charge is -2.31. The van der Waals surface area contributed by atoms with Crippen molar-refractivity contribution in [2.75, 3.05) is 23.9 Å². The van der Waals surface area contributed by atoms with Gasteiger partial charge in [-0.25, -0.2) is 0 Å². The monoisotopic (exact) mass is 1280 g/mol. The SMILES string of the molecule is CN(c1ccc2c(c1)C(C)(C)c1cc(-n3c4ccccc4c4ccccc43)ccc1-2)c1ccc2c(c1)C1(c3ccccc3-c3ccccc31)c1ccccc1-2.CN(c1ccc2c(c1)C(C)(C)c1ccccc1-2)c1ccc2c(c1)C(C)(C)c1cc(-n3c4ccccc4c4ccccc43)ccc1-2. The second kappa shape index (κ2) is 20.9. The normalized spacial score (nSPS) is 14.9. The zero-order chi connectivity index (χ0) is 67.3. The Balaban J connectivity index is 0.000000138. The van der Waals surface area contributed by atoms with Gasteiger partial charge < -0.3 is 18.9 Å². The van der Waals surface area contributed by atoms with Crippen LogP contribution in [-0.2, 0) is 21.7 Å². The minimum Gasteiger partial charge on any atom is -0.345 e. The zero-order valence-electron chi connectivity index (χ0n) is 57.7. The lowest BCUT2D eigenvalue weighted by atomic mass is 9.70. The van der Waals surface area contributed by atoms with Gasteiger partial charge >= 0.3 is 0 Å². The van der Waals surface area contributed by atoms with Crippen LogP contribution in [0.15, 0.2) is 303 Å². The second-order valence-electron chi connectivity index (χ2n) is 30.0. The summed E-state index contributed by atoms with van der Waals surface area (Å²) in [6.45, 7) is 14.2. The van der Waals surface area contributed by atoms with E-state index < -0.39 is 0 Å². The molecular weight excluding hydrogens is 1210 g/mol. The van der Waals surface area contributed by atoms with E-state index in [4.69, 9.17) is 0 Å². The molecule has 0 atom stereocenters. The molecule has 0 bridgehead atoms. The van der Waals surface area contributed by atoms with Crippen molar-refractivity contribution in [3.63, 3.8) is 0 Å². The maximum Gasteiger partial charge on any atom is 0.0726 e. The number of fused-ring (bicyclic) bond motifs is 25. The second-order valence-corrected chi connectivity index (χ2v) is 30.0. The Morgan fingerprint density at radius 2 is 0.440 bits per heavy atom. The Hall–Kier alpha value is -11.7. The lowest BCUT2D eigenvalue weighted by molar-refractivity contribution is 0.659. The number of rotatable bonds is 6. The van der Waals surface area contributed by atoms with Gasteiger partial charge in [-0.1, -0.05) is 248 Å². The molecule has 21 rings (SSSR count). The standard InChI is InChI=1S/C53H38N2.C43H36N2/c1-52(2)47-30-33(24-27-39(47)40-29-26-35(32-48(40)52)55-50-22-12-7-17-42(50)43-18-8-13-23-51(43)55)54(3)34-25-28-41-38-16-6-11-21-46(38)53(49(41)31-34)44-19-9-4-14-36(44)37-15-5-10-20-45(37)53;1-42(2)36-15-9-6-12-30(36)31-21-18-27(24-37(31)42)44(5)28-19-22-32-33-23-20-29(26-39(33)43(3,4)38(32)25-28)45-40-16-10-7-13-34(40)35-14-8-11-17-41(35)45/h4-32H,1-3H3;6-26H,1-5H3. The van der Waals surface area contributed by atoms with E-state index in [1.807, 2.05) is 0 Å². The summed E-state index contributed by atoms with van der Waals surface area (Å²) in [5.74, 6) is 0. The van der Waals surface area contributed by atoms with Crippen molar-refractivity contribution in [1.82, 2.24) is 9.13 Å². The molecule has 0 fully saturated rings. The van der Waals surface area contributed by atoms with Gasteiger partial charge in [-0.3, -0.25) is 0 Å². The minimum absolute atomic E-state index is 0.0155. The number of aromatic nitrogens is 2. The Kier molecular flexibility index (Phi) is 12.2. The van der Waals surface area contributed by atoms with Crippen LogP contribution in [-0.4, -0.2) is 23.2 Å². The molecule has 4 nitrogen and oxygen atoms in total. The van der Waals surface area contributed by atoms with Crippen molar-refractivity contribution in [2.24, 2.45) is 0 Å². The highest BCUT2D eigenvalue weighted by molar-refractivity contribution is 6.11. The molecule has 4 heteroatoms. The van der Waals surface area contributed by atoms with E-state index in [0.717, 1.165) is 0 Å². The van der Waals surface area contributed by atoms with Crippen LogP contribution in [0.2, 0.25) is 0 Å². The summed E-state index contributed by atoms with van der Waals surface area (Å²) in [5.41, 5.74) is 38.7. The van der Waals surface area contributed by atoms with Crippen LogP contribution in [0.1, 0.15) is 97.2 Å². The Bertz CT molecular complexity index is 6030. The van der Waals surface area contributed by atoms with E-state index in [-0.39, 0.29) is 21.7 Å². The summed E-state index contributed by atoms with van der Waals surface area (Å²) in [6, 6.07) is 113. The molecule has 0 aliphatic heterocycles. The van der Waals surface area contributed by atoms with E-state index in [0.29, 0.717) is 0 Å². The van der Waals surface area contributed by atoms with E-state index >= 15 is 0 Å². The molecule has 5 aliphatic rings. The van der Waals surface area contributed by atoms with Crippen LogP contribution in [0.25, 0.3) is 111 Å². The highest BCUT2D eigenvalue weighted by atomic mass is 15.1. The lowest BCUT2D eigenvalue weighted by Crippen LogP contribution is -2.26. The van der Waals surface area contributed by atoms with Crippen LogP contribution in [0, 0.1) is 0 Å². The van der Waals surface area contributed by atoms with E-state index in [2.05, 4.69) is 378 Å². The van der Waals surface area contributed by atoms with Crippen LogP contribution in [0.3, 0.4) is 0 Å². The molecule has 0 saturated carbocycles. The minimum atomic E-state index is -0.356. The molecule has 0 radical (unpaired) electrons. The smallest absolute Gasteiger partial charge is 0.0726 e. The Morgan fingerprint density at radius 3 is 0.780 bits per heavy atom. The molecule has 5 aliphatic carbocycles. The average molecular weight is 1280 g/mol. The van der Waals surface area contributed by atoms with Gasteiger partial charge in [0.25, 0.3) is 0 Å². The summed E-state index contributed by atoms with van der Waals surface area (Å²) in [5, 5.41) is 5.17. The molecule has 0 saturated heterocycles. The summed E-state index contributed by atoms with van der Waals surface area (Å²) >= 11 is 0. The van der Waals surface area contributed by atoms with Crippen LogP contribution >= 0.6 is 0 Å². The third kappa shape index (κ3) is 7.87. The van der Waals surface area contributed by atoms with E-state index in [9.17, 15) is 0 Å². The highest BCUT2D eigenvalue weighted by Crippen LogP contribution is 2.64. The first-order valence-electron chi connectivity index (χ1n) is 35.4. The molecule has 0 N–H and O–H groups in total. The van der Waals surface area contributed by atoms with Crippen molar-refractivity contribution >= 4 is 66.4 Å². The molecule has 100 heavy (non-hydrogen) atoms. The van der Waals surface area contributed by atoms with Crippen LogP contribution in [0.4, 0.5) is 22.7 Å². The molecule has 14 aromatic carbocycles. The quantitative estimate of drug-likeness (QED) is 0.165. The number of benzene rings is 14. The summed E-state index contributed by atoms with van der Waals surface area (Å²) < 4.78 is 4.86. The van der Waals surface area contributed by atoms with Crippen molar-refractivity contribution in [3.8, 4) is 67.0 Å².